The van der Waals surface area contributed by atoms with Gasteiger partial charge in [0.15, 0.2) is 0 Å². The Morgan fingerprint density at radius 2 is 1.51 bits per heavy atom. The number of carboxylic acid groups (broad SMARTS) is 1. The summed E-state index contributed by atoms with van der Waals surface area (Å²) in [5, 5.41) is 19.2. The Kier molecular flexibility index (Phi) is 12.7. The summed E-state index contributed by atoms with van der Waals surface area (Å²) in [6, 6.07) is 19.7. The summed E-state index contributed by atoms with van der Waals surface area (Å²) in [6.45, 7) is 4.63. The van der Waals surface area contributed by atoms with E-state index in [1.165, 1.54) is 12.5 Å². The first-order valence-corrected chi connectivity index (χ1v) is 17.7. The van der Waals surface area contributed by atoms with Crippen molar-refractivity contribution < 1.29 is 38.5 Å². The molecule has 6 N–H and O–H groups in total. The SMILES string of the molecule is CC(C)CC(NC(=O)[C@H](Cc1c[nH]cn1)NC(=O)[C@H](Cc1cccc2ccccc12)NC(=O)OCc1ccccc1)P(=O)(O)C(C)C(=O)O. The van der Waals surface area contributed by atoms with E-state index in [-0.39, 0.29) is 31.8 Å². The van der Waals surface area contributed by atoms with Crippen LogP contribution in [-0.2, 0) is 43.1 Å². The molecule has 49 heavy (non-hydrogen) atoms. The third kappa shape index (κ3) is 10.2. The van der Waals surface area contributed by atoms with Crippen molar-refractivity contribution in [2.24, 2.45) is 5.92 Å². The Morgan fingerprint density at radius 1 is 0.857 bits per heavy atom. The van der Waals surface area contributed by atoms with Gasteiger partial charge in [0.05, 0.1) is 12.0 Å². The van der Waals surface area contributed by atoms with E-state index in [9.17, 15) is 33.7 Å². The highest BCUT2D eigenvalue weighted by atomic mass is 31.2. The normalized spacial score (nSPS) is 15.0. The van der Waals surface area contributed by atoms with Crippen molar-refractivity contribution in [1.29, 1.82) is 0 Å². The lowest BCUT2D eigenvalue weighted by Gasteiger charge is -2.30. The fourth-order valence-electron chi connectivity index (χ4n) is 5.34. The van der Waals surface area contributed by atoms with Gasteiger partial charge < -0.3 is 35.7 Å². The van der Waals surface area contributed by atoms with E-state index in [1.807, 2.05) is 60.7 Å². The number of aromatic nitrogens is 2. The Balaban J connectivity index is 1.61. The largest absolute Gasteiger partial charge is 0.481 e. The Morgan fingerprint density at radius 3 is 2.18 bits per heavy atom. The molecule has 0 radical (unpaired) electrons. The van der Waals surface area contributed by atoms with Crippen molar-refractivity contribution in [3.05, 3.63) is 102 Å². The zero-order valence-corrected chi connectivity index (χ0v) is 28.4. The minimum Gasteiger partial charge on any atom is -0.481 e. The fourth-order valence-corrected chi connectivity index (χ4v) is 7.23. The molecule has 260 valence electrons. The van der Waals surface area contributed by atoms with Crippen LogP contribution in [0.15, 0.2) is 85.3 Å². The van der Waals surface area contributed by atoms with Crippen LogP contribution in [0.1, 0.15) is 44.0 Å². The van der Waals surface area contributed by atoms with Gasteiger partial charge in [-0.15, -0.1) is 0 Å². The summed E-state index contributed by atoms with van der Waals surface area (Å²) in [5.41, 5.74) is 0.272. The first-order valence-electron chi connectivity index (χ1n) is 15.9. The molecule has 0 spiro atoms. The van der Waals surface area contributed by atoms with Crippen LogP contribution in [-0.4, -0.2) is 67.4 Å². The van der Waals surface area contributed by atoms with Gasteiger partial charge >= 0.3 is 12.1 Å². The molecule has 4 rings (SSSR count). The summed E-state index contributed by atoms with van der Waals surface area (Å²) in [6.07, 6.45) is 2.03. The summed E-state index contributed by atoms with van der Waals surface area (Å²) in [7, 11) is -4.48. The molecular formula is C35H42N5O8P. The predicted octanol–water partition coefficient (Wildman–Crippen LogP) is 4.36. The van der Waals surface area contributed by atoms with Crippen LogP contribution in [0.25, 0.3) is 10.8 Å². The van der Waals surface area contributed by atoms with E-state index in [4.69, 9.17) is 4.74 Å². The van der Waals surface area contributed by atoms with Crippen molar-refractivity contribution >= 4 is 42.0 Å². The van der Waals surface area contributed by atoms with Gasteiger partial charge in [0.25, 0.3) is 0 Å². The van der Waals surface area contributed by atoms with Crippen molar-refractivity contribution in [2.45, 2.75) is 70.2 Å². The number of fused-ring (bicyclic) bond motifs is 1. The van der Waals surface area contributed by atoms with Crippen molar-refractivity contribution in [3.8, 4) is 0 Å². The molecule has 0 aliphatic carbocycles. The standard InChI is InChI=1S/C35H42N5O8P/c1-22(2)16-31(49(46,47)23(3)34(43)44)40-33(42)30(18-27-19-36-21-37-27)38-32(41)29(39-35(45)48-20-24-10-5-4-6-11-24)17-26-14-9-13-25-12-7-8-15-28(25)26/h4-15,19,21-23,29-31H,16-18,20H2,1-3H3,(H,36,37)(H,38,41)(H,39,45)(H,40,42)(H,43,44)(H,46,47)/t23?,29-,30-,31?/m0/s1. The number of ether oxygens (including phenoxy) is 1. The predicted molar refractivity (Wildman–Crippen MR) is 184 cm³/mol. The summed E-state index contributed by atoms with van der Waals surface area (Å²) in [4.78, 5) is 70.4. The minimum absolute atomic E-state index is 0.0126. The molecule has 0 aliphatic rings. The van der Waals surface area contributed by atoms with Crippen LogP contribution >= 0.6 is 7.37 Å². The molecule has 5 atom stereocenters. The molecule has 3 aromatic carbocycles. The molecule has 0 aliphatic heterocycles. The molecule has 1 heterocycles. The second-order valence-electron chi connectivity index (χ2n) is 12.3. The van der Waals surface area contributed by atoms with E-state index in [1.54, 1.807) is 26.0 Å². The molecule has 0 bridgehead atoms. The Labute approximate surface area is 284 Å². The van der Waals surface area contributed by atoms with Gasteiger partial charge in [0.1, 0.15) is 30.1 Å². The molecule has 13 nitrogen and oxygen atoms in total. The van der Waals surface area contributed by atoms with Crippen LogP contribution < -0.4 is 16.0 Å². The second kappa shape index (κ2) is 16.9. The second-order valence-corrected chi connectivity index (χ2v) is 15.0. The zero-order chi connectivity index (χ0) is 35.6. The Bertz CT molecular complexity index is 1780. The molecule has 0 saturated heterocycles. The number of H-pyrrole nitrogens is 1. The van der Waals surface area contributed by atoms with E-state index in [0.717, 1.165) is 28.8 Å². The van der Waals surface area contributed by atoms with Crippen molar-refractivity contribution in [2.75, 3.05) is 0 Å². The molecule has 3 amide bonds. The highest BCUT2D eigenvalue weighted by molar-refractivity contribution is 7.60. The van der Waals surface area contributed by atoms with E-state index < -0.39 is 54.8 Å². The van der Waals surface area contributed by atoms with Gasteiger partial charge in [-0.05, 0) is 41.2 Å². The lowest BCUT2D eigenvalue weighted by molar-refractivity contribution is -0.136. The van der Waals surface area contributed by atoms with Gasteiger partial charge in [0, 0.05) is 19.0 Å². The quantitative estimate of drug-likeness (QED) is 0.0924. The number of imidazole rings is 1. The highest BCUT2D eigenvalue weighted by Crippen LogP contribution is 2.52. The molecule has 3 unspecified atom stereocenters. The van der Waals surface area contributed by atoms with E-state index >= 15 is 0 Å². The van der Waals surface area contributed by atoms with Crippen molar-refractivity contribution in [1.82, 2.24) is 25.9 Å². The molecule has 0 saturated carbocycles. The van der Waals surface area contributed by atoms with Gasteiger partial charge in [-0.2, -0.15) is 0 Å². The number of amides is 3. The van der Waals surface area contributed by atoms with Crippen LogP contribution in [0.4, 0.5) is 4.79 Å². The van der Waals surface area contributed by atoms with Gasteiger partial charge in [-0.3, -0.25) is 18.9 Å². The number of aliphatic carboxylic acids is 1. The monoisotopic (exact) mass is 691 g/mol. The average molecular weight is 692 g/mol. The molecular weight excluding hydrogens is 649 g/mol. The smallest absolute Gasteiger partial charge is 0.408 e. The lowest BCUT2D eigenvalue weighted by atomic mass is 9.98. The molecule has 14 heteroatoms. The lowest BCUT2D eigenvalue weighted by Crippen LogP contribution is -2.56. The highest BCUT2D eigenvalue weighted by Gasteiger charge is 2.42. The van der Waals surface area contributed by atoms with Gasteiger partial charge in [0.2, 0.25) is 19.2 Å². The number of alkyl carbamates (subject to hydrolysis) is 1. The topological polar surface area (TPSA) is 200 Å². The number of hydrogen-bond donors (Lipinski definition) is 6. The first-order chi connectivity index (χ1) is 23.3. The maximum atomic E-state index is 14.0. The zero-order valence-electron chi connectivity index (χ0n) is 27.5. The van der Waals surface area contributed by atoms with Crippen LogP contribution in [0.5, 0.6) is 0 Å². The number of carbonyl (C=O) groups excluding carboxylic acids is 3. The maximum absolute atomic E-state index is 14.0. The fraction of sp³-hybridized carbons (Fsp3) is 0.343. The molecule has 0 fully saturated rings. The number of aromatic amines is 1. The van der Waals surface area contributed by atoms with Crippen LogP contribution in [0, 0.1) is 5.92 Å². The maximum Gasteiger partial charge on any atom is 0.408 e. The van der Waals surface area contributed by atoms with Crippen LogP contribution in [0.2, 0.25) is 0 Å². The number of hydrogen-bond acceptors (Lipinski definition) is 7. The minimum atomic E-state index is -4.48. The number of nitrogens with zero attached hydrogens (tertiary/aromatic N) is 1. The van der Waals surface area contributed by atoms with Crippen LogP contribution in [0.3, 0.4) is 0 Å². The van der Waals surface area contributed by atoms with Crippen molar-refractivity contribution in [3.63, 3.8) is 0 Å². The number of carboxylic acids is 1. The number of rotatable bonds is 16. The summed E-state index contributed by atoms with van der Waals surface area (Å²) < 4.78 is 18.8. The average Bonchev–Trinajstić information content (AvgIpc) is 3.59. The third-order valence-electron chi connectivity index (χ3n) is 8.09. The third-order valence-corrected chi connectivity index (χ3v) is 10.7. The van der Waals surface area contributed by atoms with Gasteiger partial charge in [-0.1, -0.05) is 86.6 Å². The van der Waals surface area contributed by atoms with E-state index in [2.05, 4.69) is 25.9 Å². The summed E-state index contributed by atoms with van der Waals surface area (Å²) in [5.74, 6) is -4.59. The van der Waals surface area contributed by atoms with Gasteiger partial charge in [-0.25, -0.2) is 9.78 Å². The number of benzene rings is 3. The Hall–Kier alpha value is -5.00. The molecule has 1 aromatic heterocycles. The molecule has 4 aromatic rings. The number of nitrogens with one attached hydrogen (secondary N) is 4. The first kappa shape index (κ1) is 36.8. The van der Waals surface area contributed by atoms with E-state index in [0.29, 0.717) is 5.69 Å². The number of carbonyl (C=O) groups is 4. The summed E-state index contributed by atoms with van der Waals surface area (Å²) >= 11 is 0.